The van der Waals surface area contributed by atoms with E-state index in [1.54, 1.807) is 0 Å². The molecular weight excluding hydrogens is 212 g/mol. The molecule has 0 spiro atoms. The summed E-state index contributed by atoms with van der Waals surface area (Å²) in [6.45, 7) is 11.6. The quantitative estimate of drug-likeness (QED) is 0.749. The van der Waals surface area contributed by atoms with E-state index in [0.29, 0.717) is 6.04 Å². The first-order valence-electron chi connectivity index (χ1n) is 6.49. The summed E-state index contributed by atoms with van der Waals surface area (Å²) < 4.78 is 1.97. The third kappa shape index (κ3) is 4.13. The normalized spacial score (nSPS) is 13.0. The lowest BCUT2D eigenvalue weighted by Gasteiger charge is -2.14. The van der Waals surface area contributed by atoms with E-state index in [1.807, 2.05) is 11.7 Å². The van der Waals surface area contributed by atoms with E-state index in [2.05, 4.69) is 43.4 Å². The topological polar surface area (TPSA) is 41.9 Å². The minimum Gasteiger partial charge on any atom is -0.315 e. The summed E-state index contributed by atoms with van der Waals surface area (Å²) in [4.78, 5) is 0. The van der Waals surface area contributed by atoms with Gasteiger partial charge in [0.05, 0.1) is 5.69 Å². The zero-order valence-electron chi connectivity index (χ0n) is 11.8. The van der Waals surface area contributed by atoms with Gasteiger partial charge in [-0.1, -0.05) is 6.92 Å². The van der Waals surface area contributed by atoms with Gasteiger partial charge < -0.3 is 10.6 Å². The van der Waals surface area contributed by atoms with Gasteiger partial charge in [-0.3, -0.25) is 4.68 Å². The Bertz CT molecular complexity index is 343. The van der Waals surface area contributed by atoms with E-state index in [4.69, 9.17) is 0 Å². The van der Waals surface area contributed by atoms with Gasteiger partial charge in [0, 0.05) is 25.3 Å². The van der Waals surface area contributed by atoms with E-state index in [-0.39, 0.29) is 0 Å². The van der Waals surface area contributed by atoms with Crippen LogP contribution >= 0.6 is 0 Å². The Morgan fingerprint density at radius 3 is 2.59 bits per heavy atom. The van der Waals surface area contributed by atoms with Crippen molar-refractivity contribution in [1.82, 2.24) is 20.4 Å². The lowest BCUT2D eigenvalue weighted by molar-refractivity contribution is 0.511. The highest BCUT2D eigenvalue weighted by atomic mass is 15.3. The Morgan fingerprint density at radius 1 is 1.35 bits per heavy atom. The summed E-state index contributed by atoms with van der Waals surface area (Å²) in [7, 11) is 2.01. The second kappa shape index (κ2) is 6.77. The molecule has 0 fully saturated rings. The minimum absolute atomic E-state index is 0.521. The Labute approximate surface area is 105 Å². The van der Waals surface area contributed by atoms with Crippen LogP contribution in [-0.4, -0.2) is 35.5 Å². The number of aromatic nitrogens is 2. The van der Waals surface area contributed by atoms with Crippen LogP contribution in [0.25, 0.3) is 0 Å². The Balaban J connectivity index is 2.35. The van der Waals surface area contributed by atoms with Gasteiger partial charge in [-0.05, 0) is 45.8 Å². The van der Waals surface area contributed by atoms with Gasteiger partial charge in [-0.25, -0.2) is 0 Å². The molecule has 0 amide bonds. The van der Waals surface area contributed by atoms with Crippen molar-refractivity contribution in [1.29, 1.82) is 0 Å². The van der Waals surface area contributed by atoms with Crippen molar-refractivity contribution in [3.05, 3.63) is 17.0 Å². The smallest absolute Gasteiger partial charge is 0.0628 e. The number of rotatable bonds is 7. The van der Waals surface area contributed by atoms with Crippen LogP contribution in [0.2, 0.25) is 0 Å². The standard InChI is InChI=1S/C13H26N4/c1-6-14-9-10(2)15-8-7-13-11(3)16-17(5)12(13)4/h10,14-15H,6-9H2,1-5H3. The molecule has 0 saturated carbocycles. The Kier molecular flexibility index (Phi) is 5.65. The van der Waals surface area contributed by atoms with Crippen molar-refractivity contribution in [2.75, 3.05) is 19.6 Å². The first-order chi connectivity index (χ1) is 8.06. The molecule has 1 unspecified atom stereocenters. The third-order valence-electron chi connectivity index (χ3n) is 3.23. The van der Waals surface area contributed by atoms with E-state index in [0.717, 1.165) is 31.7 Å². The molecule has 0 radical (unpaired) electrons. The molecule has 0 aliphatic carbocycles. The maximum atomic E-state index is 4.43. The largest absolute Gasteiger partial charge is 0.315 e. The molecule has 4 heteroatoms. The number of hydrogen-bond donors (Lipinski definition) is 2. The van der Waals surface area contributed by atoms with Gasteiger partial charge in [0.2, 0.25) is 0 Å². The fraction of sp³-hybridized carbons (Fsp3) is 0.769. The number of nitrogens with one attached hydrogen (secondary N) is 2. The second-order valence-corrected chi connectivity index (χ2v) is 4.69. The van der Waals surface area contributed by atoms with Crippen LogP contribution < -0.4 is 10.6 Å². The van der Waals surface area contributed by atoms with Gasteiger partial charge in [0.1, 0.15) is 0 Å². The number of aryl methyl sites for hydroxylation is 2. The van der Waals surface area contributed by atoms with Crippen LogP contribution in [0.1, 0.15) is 30.8 Å². The average molecular weight is 238 g/mol. The zero-order chi connectivity index (χ0) is 12.8. The highest BCUT2D eigenvalue weighted by molar-refractivity contribution is 5.24. The summed E-state index contributed by atoms with van der Waals surface area (Å²) in [5.41, 5.74) is 3.82. The molecule has 17 heavy (non-hydrogen) atoms. The molecule has 98 valence electrons. The van der Waals surface area contributed by atoms with Crippen LogP contribution in [0, 0.1) is 13.8 Å². The van der Waals surface area contributed by atoms with Crippen molar-refractivity contribution >= 4 is 0 Å². The first kappa shape index (κ1) is 14.2. The summed E-state index contributed by atoms with van der Waals surface area (Å²) in [5.74, 6) is 0. The van der Waals surface area contributed by atoms with Gasteiger partial charge in [-0.15, -0.1) is 0 Å². The van der Waals surface area contributed by atoms with E-state index in [1.165, 1.54) is 11.3 Å². The zero-order valence-corrected chi connectivity index (χ0v) is 11.8. The molecule has 1 aromatic heterocycles. The number of hydrogen-bond acceptors (Lipinski definition) is 3. The molecule has 4 nitrogen and oxygen atoms in total. The highest BCUT2D eigenvalue weighted by Gasteiger charge is 2.09. The fourth-order valence-corrected chi connectivity index (χ4v) is 2.06. The van der Waals surface area contributed by atoms with Gasteiger partial charge in [0.25, 0.3) is 0 Å². The first-order valence-corrected chi connectivity index (χ1v) is 6.49. The highest BCUT2D eigenvalue weighted by Crippen LogP contribution is 2.11. The summed E-state index contributed by atoms with van der Waals surface area (Å²) in [5, 5.41) is 11.3. The van der Waals surface area contributed by atoms with E-state index in [9.17, 15) is 0 Å². The molecule has 1 rings (SSSR count). The average Bonchev–Trinajstić information content (AvgIpc) is 2.53. The summed E-state index contributed by atoms with van der Waals surface area (Å²) in [6.07, 6.45) is 1.06. The van der Waals surface area contributed by atoms with Crippen molar-refractivity contribution in [3.8, 4) is 0 Å². The van der Waals surface area contributed by atoms with Crippen LogP contribution in [0.5, 0.6) is 0 Å². The van der Waals surface area contributed by atoms with Crippen molar-refractivity contribution in [2.45, 2.75) is 40.2 Å². The lowest BCUT2D eigenvalue weighted by Crippen LogP contribution is -2.37. The maximum Gasteiger partial charge on any atom is 0.0628 e. The SMILES string of the molecule is CCNCC(C)NCCc1c(C)nn(C)c1C. The monoisotopic (exact) mass is 238 g/mol. The van der Waals surface area contributed by atoms with Gasteiger partial charge in [0.15, 0.2) is 0 Å². The molecule has 0 aromatic carbocycles. The molecule has 0 aliphatic rings. The van der Waals surface area contributed by atoms with E-state index >= 15 is 0 Å². The lowest BCUT2D eigenvalue weighted by atomic mass is 10.1. The van der Waals surface area contributed by atoms with Crippen LogP contribution in [0.4, 0.5) is 0 Å². The number of nitrogens with zero attached hydrogens (tertiary/aromatic N) is 2. The summed E-state index contributed by atoms with van der Waals surface area (Å²) in [6, 6.07) is 0.521. The van der Waals surface area contributed by atoms with Crippen molar-refractivity contribution in [3.63, 3.8) is 0 Å². The summed E-state index contributed by atoms with van der Waals surface area (Å²) >= 11 is 0. The van der Waals surface area contributed by atoms with Gasteiger partial charge in [-0.2, -0.15) is 5.10 Å². The Hall–Kier alpha value is -0.870. The van der Waals surface area contributed by atoms with Crippen LogP contribution in [-0.2, 0) is 13.5 Å². The van der Waals surface area contributed by atoms with Crippen molar-refractivity contribution in [2.24, 2.45) is 7.05 Å². The van der Waals surface area contributed by atoms with Gasteiger partial charge >= 0.3 is 0 Å². The van der Waals surface area contributed by atoms with Crippen LogP contribution in [0.3, 0.4) is 0 Å². The molecule has 1 atom stereocenters. The molecule has 0 bridgehead atoms. The molecule has 1 heterocycles. The molecule has 0 saturated heterocycles. The third-order valence-corrected chi connectivity index (χ3v) is 3.23. The fourth-order valence-electron chi connectivity index (χ4n) is 2.06. The van der Waals surface area contributed by atoms with Crippen LogP contribution in [0.15, 0.2) is 0 Å². The molecule has 0 aliphatic heterocycles. The molecule has 2 N–H and O–H groups in total. The maximum absolute atomic E-state index is 4.43. The minimum atomic E-state index is 0.521. The predicted molar refractivity (Wildman–Crippen MR) is 72.4 cm³/mol. The molecule has 1 aromatic rings. The van der Waals surface area contributed by atoms with Crippen molar-refractivity contribution < 1.29 is 0 Å². The molecular formula is C13H26N4. The van der Waals surface area contributed by atoms with E-state index < -0.39 is 0 Å². The second-order valence-electron chi connectivity index (χ2n) is 4.69. The number of likely N-dealkylation sites (N-methyl/N-ethyl adjacent to an activating group) is 1. The Morgan fingerprint density at radius 2 is 2.06 bits per heavy atom. The predicted octanol–water partition coefficient (Wildman–Crippen LogP) is 1.17.